The summed E-state index contributed by atoms with van der Waals surface area (Å²) < 4.78 is 0. The highest BCUT2D eigenvalue weighted by Crippen LogP contribution is 2.43. The molecule has 670 valence electrons. The molecule has 12 rings (SSSR count). The van der Waals surface area contributed by atoms with Gasteiger partial charge >= 0.3 is 0 Å². The fourth-order valence-electron chi connectivity index (χ4n) is 16.8. The summed E-state index contributed by atoms with van der Waals surface area (Å²) in [5, 5.41) is 61.8. The zero-order valence-electron chi connectivity index (χ0n) is 72.5. The number of benzene rings is 8. The molecule has 8 aromatic carbocycles. The van der Waals surface area contributed by atoms with Crippen molar-refractivity contribution in [3.05, 3.63) is 213 Å². The van der Waals surface area contributed by atoms with E-state index in [4.69, 9.17) is 34.7 Å². The fraction of sp³-hybridized carbons (Fsp3) is 0.370. The molecule has 128 heavy (non-hydrogen) atoms. The molecule has 1 aliphatic carbocycles. The van der Waals surface area contributed by atoms with Crippen molar-refractivity contribution in [1.82, 2.24) is 25.8 Å². The first kappa shape index (κ1) is 96.2. The molecule has 4 aliphatic rings. The Morgan fingerprint density at radius 3 is 1.24 bits per heavy atom. The molecule has 0 unspecified atom stereocenters. The number of nitrogens with one attached hydrogen (secondary N) is 3. The van der Waals surface area contributed by atoms with Crippen LogP contribution >= 0.6 is 23.2 Å². The highest BCUT2D eigenvalue weighted by Gasteiger charge is 2.41. The van der Waals surface area contributed by atoms with Gasteiger partial charge in [0, 0.05) is 151 Å². The Morgan fingerprint density at radius 2 is 0.867 bits per heavy atom. The van der Waals surface area contributed by atoms with E-state index < -0.39 is 118 Å². The Labute approximate surface area is 753 Å². The number of likely N-dealkylation sites (N-methyl/N-ethyl adjacent to an activating group) is 2. The van der Waals surface area contributed by atoms with E-state index in [1.54, 1.807) is 100 Å². The van der Waals surface area contributed by atoms with Gasteiger partial charge in [0.15, 0.2) is 46.3 Å². The van der Waals surface area contributed by atoms with Gasteiger partial charge in [0.1, 0.15) is 40.8 Å². The zero-order chi connectivity index (χ0) is 92.3. The van der Waals surface area contributed by atoms with Gasteiger partial charge in [-0.25, -0.2) is 0 Å². The molecule has 0 aromatic heterocycles. The van der Waals surface area contributed by atoms with Crippen molar-refractivity contribution in [2.75, 3.05) is 27.2 Å². The molecule has 0 spiro atoms. The van der Waals surface area contributed by atoms with E-state index in [9.17, 15) is 82.8 Å². The monoisotopic (exact) mass is 1780 g/mol. The number of carbonyl (C=O) groups excluding carboxylic acids is 13. The molecular formula is C100H109Cl2N9O17. The normalized spacial score (nSPS) is 19.1. The molecule has 3 heterocycles. The maximum atomic E-state index is 14.7. The minimum atomic E-state index is -1.29. The average molecular weight is 1780 g/mol. The van der Waals surface area contributed by atoms with E-state index in [-0.39, 0.29) is 132 Å². The number of Topliss-reactive ketones (excluding diaryl/α,β-unsaturated/α-hetero) is 8. The number of rotatable bonds is 30. The van der Waals surface area contributed by atoms with Crippen LogP contribution in [0.4, 0.5) is 0 Å². The molecule has 26 nitrogen and oxygen atoms in total. The third kappa shape index (κ3) is 24.4. The van der Waals surface area contributed by atoms with Crippen LogP contribution in [0.1, 0.15) is 185 Å². The molecule has 5 amide bonds. The first-order chi connectivity index (χ1) is 61.2. The van der Waals surface area contributed by atoms with Gasteiger partial charge in [-0.3, -0.25) is 62.3 Å². The van der Waals surface area contributed by atoms with Gasteiger partial charge in [-0.2, -0.15) is 10.2 Å². The smallest absolute Gasteiger partial charge is 0.226 e. The second-order valence-corrected chi connectivity index (χ2v) is 34.9. The number of aromatic hydroxyl groups is 4. The third-order valence-corrected chi connectivity index (χ3v) is 24.9. The summed E-state index contributed by atoms with van der Waals surface area (Å²) in [6, 6.07) is 41.3. The number of phenolic OH excluding ortho intramolecular Hbond substituents is 4. The van der Waals surface area contributed by atoms with E-state index in [2.05, 4.69) is 26.2 Å². The molecular weight excluding hydrogens is 1670 g/mol. The summed E-state index contributed by atoms with van der Waals surface area (Å²) >= 11 is 12.1. The molecule has 0 radical (unpaired) electrons. The standard InChI is InChI=1S/C51H57ClN4O9.C49H52ClN5O8/c1-29(49(63)54-40-8-6-9-44(40)59)23-46(61)41-26-31-10-20-42(57)38(25-31)39-27-35(17-21-43(39)58)48(47(62)24-30(2)50(64)55-41)56(3)51(65)36(7-4-5-22-53)28-45(60)34-13-11-32(12-14-34)33-15-18-37(52)19-16-33;1-28(47(61)39-19-21-52-54-39)22-44(59)40-25-30-7-17-41(56)37(24-30)38-26-34(14-18-42(38)57)46(45(60)23-29(2)48(62)53-40)55(3)49(63)35(6-4-5-20-51)27-43(58)33-10-8-31(9-11-33)32-12-15-36(50)16-13-32/h10-21,25,27,29-30,36,40-41,48,57-58H,4-9,22-24,26,28,53H2,1-3H3,(H,54,63)(H,55,64);7-18,21,24,26,28-29,35,40,46,56-57H,4-6,19-20,22-23,25,27,51H2,1-3H3,(H,53,62)/t29-,30-,36-,40+,41+,48+;28-,29-,35-,40+,46+/m11/s1. The minimum absolute atomic E-state index is 0.0133. The molecule has 8 bridgehead atoms. The van der Waals surface area contributed by atoms with Crippen LogP contribution in [-0.4, -0.2) is 163 Å². The second-order valence-electron chi connectivity index (χ2n) is 34.0. The Hall–Kier alpha value is -12.5. The fourth-order valence-corrected chi connectivity index (χ4v) is 17.1. The summed E-state index contributed by atoms with van der Waals surface area (Å²) in [5.74, 6) is -11.5. The quantitative estimate of drug-likeness (QED) is 0.0149. The number of hydrogen-bond acceptors (Lipinski definition) is 21. The third-order valence-electron chi connectivity index (χ3n) is 24.4. The molecule has 1 saturated carbocycles. The molecule has 11 N–H and O–H groups in total. The summed E-state index contributed by atoms with van der Waals surface area (Å²) in [6.45, 7) is 7.05. The van der Waals surface area contributed by atoms with Crippen LogP contribution in [0.5, 0.6) is 23.0 Å². The number of fused-ring (bicyclic) bond motifs is 10. The highest BCUT2D eigenvalue weighted by molar-refractivity contribution is 6.43. The Bertz CT molecular complexity index is 5560. The number of nitrogens with two attached hydrogens (primary N) is 2. The average Bonchev–Trinajstić information content (AvgIpc) is 1.04. The van der Waals surface area contributed by atoms with Crippen molar-refractivity contribution in [1.29, 1.82) is 0 Å². The Balaban J connectivity index is 0.000000248. The van der Waals surface area contributed by atoms with E-state index in [1.807, 2.05) is 48.5 Å². The summed E-state index contributed by atoms with van der Waals surface area (Å²) in [5.41, 5.74) is 18.7. The maximum Gasteiger partial charge on any atom is 0.226 e. The number of nitrogens with zero attached hydrogens (tertiary/aromatic N) is 4. The van der Waals surface area contributed by atoms with Crippen molar-refractivity contribution < 1.29 is 82.8 Å². The SMILES string of the molecule is C[C@@H]1CC(=O)[C@@H](N(C)C(=O)[C@H](CCCCN)CC(=O)c2ccc(-c3ccc(Cl)cc3)cc2)c2ccc(O)c(c2)-c2cc(ccc2O)C[C@@H](C(=O)C[C@@H](C)C(=O)C2=NN=CC2)NC1=O.C[C@H](CC(=O)[C@@H]1Cc2ccc(O)c(c2)-c2cc(ccc2O)[C@H](N(C)C(=O)[C@H](CCCCN)CC(=O)c2ccc(-c3ccc(Cl)cc3)cc2)C(=O)C[C@@H](C)C(=O)N1)C(=O)N[C@H]1CCCC1=O. The van der Waals surface area contributed by atoms with Gasteiger partial charge in [-0.05, 0) is 182 Å². The van der Waals surface area contributed by atoms with Crippen LogP contribution in [0.2, 0.25) is 10.0 Å². The number of ketones is 8. The Morgan fingerprint density at radius 1 is 0.484 bits per heavy atom. The summed E-state index contributed by atoms with van der Waals surface area (Å²) in [4.78, 5) is 183. The first-order valence-corrected chi connectivity index (χ1v) is 44.1. The number of phenols is 4. The van der Waals surface area contributed by atoms with Crippen LogP contribution in [0, 0.1) is 35.5 Å². The highest BCUT2D eigenvalue weighted by atomic mass is 35.5. The van der Waals surface area contributed by atoms with Crippen molar-refractivity contribution >= 4 is 111 Å². The summed E-state index contributed by atoms with van der Waals surface area (Å²) in [6.07, 6.45) is 4.81. The van der Waals surface area contributed by atoms with Gasteiger partial charge in [0.25, 0.3) is 0 Å². The lowest BCUT2D eigenvalue weighted by Gasteiger charge is -2.32. The van der Waals surface area contributed by atoms with Gasteiger partial charge in [0.05, 0.1) is 18.1 Å². The van der Waals surface area contributed by atoms with Crippen molar-refractivity contribution in [2.45, 2.75) is 173 Å². The zero-order valence-corrected chi connectivity index (χ0v) is 74.0. The second kappa shape index (κ2) is 44.3. The number of unbranched alkanes of at least 4 members (excludes halogenated alkanes) is 2. The number of amides is 5. The lowest BCUT2D eigenvalue weighted by Crippen LogP contribution is -2.47. The topological polar surface area (TPSA) is 422 Å². The molecule has 0 saturated heterocycles. The van der Waals surface area contributed by atoms with E-state index in [0.29, 0.717) is 114 Å². The van der Waals surface area contributed by atoms with Crippen molar-refractivity contribution in [3.63, 3.8) is 0 Å². The lowest BCUT2D eigenvalue weighted by molar-refractivity contribution is -0.142. The van der Waals surface area contributed by atoms with Crippen LogP contribution in [0.25, 0.3) is 44.5 Å². The molecule has 8 aromatic rings. The molecule has 11 atom stereocenters. The predicted molar refractivity (Wildman–Crippen MR) is 489 cm³/mol. The molecule has 3 aliphatic heterocycles. The minimum Gasteiger partial charge on any atom is -0.507 e. The number of halogens is 2. The Kier molecular flexibility index (Phi) is 33.3. The summed E-state index contributed by atoms with van der Waals surface area (Å²) in [7, 11) is 2.95. The van der Waals surface area contributed by atoms with Gasteiger partial charge in [-0.15, -0.1) is 0 Å². The maximum absolute atomic E-state index is 14.7. The van der Waals surface area contributed by atoms with Crippen LogP contribution in [0.15, 0.2) is 180 Å². The number of hydrogen-bond donors (Lipinski definition) is 9. The van der Waals surface area contributed by atoms with Gasteiger partial charge in [-0.1, -0.05) is 161 Å². The molecule has 28 heteroatoms. The lowest BCUT2D eigenvalue weighted by atomic mass is 9.87. The largest absolute Gasteiger partial charge is 0.507 e. The van der Waals surface area contributed by atoms with E-state index in [0.717, 1.165) is 22.3 Å². The van der Waals surface area contributed by atoms with Gasteiger partial charge < -0.3 is 57.6 Å². The molecule has 1 fully saturated rings. The van der Waals surface area contributed by atoms with Gasteiger partial charge in [0.2, 0.25) is 29.5 Å². The van der Waals surface area contributed by atoms with E-state index >= 15 is 0 Å². The first-order valence-electron chi connectivity index (χ1n) is 43.4. The van der Waals surface area contributed by atoms with Crippen LogP contribution < -0.4 is 27.4 Å². The van der Waals surface area contributed by atoms with Crippen molar-refractivity contribution in [2.24, 2.45) is 57.2 Å². The number of carbonyl (C=O) groups is 13. The van der Waals surface area contributed by atoms with Crippen molar-refractivity contribution in [3.8, 4) is 67.5 Å². The van der Waals surface area contributed by atoms with E-state index in [1.165, 1.54) is 78.6 Å². The van der Waals surface area contributed by atoms with Crippen LogP contribution in [-0.2, 0) is 65.6 Å². The predicted octanol–water partition coefficient (Wildman–Crippen LogP) is 14.3. The van der Waals surface area contributed by atoms with Crippen LogP contribution in [0.3, 0.4) is 0 Å².